The molecule has 2 unspecified atom stereocenters. The molecule has 1 aliphatic carbocycles. The molecule has 2 atom stereocenters. The molecular formula is C31H39N7O3. The molecule has 5 heterocycles. The van der Waals surface area contributed by atoms with Gasteiger partial charge in [-0.3, -0.25) is 0 Å². The molecule has 0 spiro atoms. The minimum absolute atomic E-state index is 0.168. The third-order valence-electron chi connectivity index (χ3n) is 9.13. The predicted molar refractivity (Wildman–Crippen MR) is 158 cm³/mol. The quantitative estimate of drug-likeness (QED) is 0.396. The molecule has 3 aliphatic heterocycles. The first-order chi connectivity index (χ1) is 20.1. The van der Waals surface area contributed by atoms with Gasteiger partial charge in [-0.25, -0.2) is 4.98 Å². The summed E-state index contributed by atoms with van der Waals surface area (Å²) in [7, 11) is 0. The summed E-state index contributed by atoms with van der Waals surface area (Å²) in [6.07, 6.45) is 10.1. The highest BCUT2D eigenvalue weighted by molar-refractivity contribution is 5.74. The van der Waals surface area contributed by atoms with Crippen molar-refractivity contribution in [3.05, 3.63) is 48.7 Å². The highest BCUT2D eigenvalue weighted by Gasteiger charge is 2.39. The lowest BCUT2D eigenvalue weighted by atomic mass is 9.91. The first-order valence-electron chi connectivity index (χ1n) is 15.0. The summed E-state index contributed by atoms with van der Waals surface area (Å²) < 4.78 is 12.6. The van der Waals surface area contributed by atoms with Gasteiger partial charge in [0.15, 0.2) is 5.82 Å². The first-order valence-corrected chi connectivity index (χ1v) is 15.0. The molecule has 4 N–H and O–H groups in total. The average Bonchev–Trinajstić information content (AvgIpc) is 3.27. The molecule has 1 saturated carbocycles. The van der Waals surface area contributed by atoms with Gasteiger partial charge in [0.25, 0.3) is 0 Å². The first kappa shape index (κ1) is 26.3. The minimum Gasteiger partial charge on any atom is -0.507 e. The molecule has 0 amide bonds. The highest BCUT2D eigenvalue weighted by Crippen LogP contribution is 2.39. The van der Waals surface area contributed by atoms with Crippen LogP contribution in [0.25, 0.3) is 11.3 Å². The molecule has 10 nitrogen and oxygen atoms in total. The van der Waals surface area contributed by atoms with Gasteiger partial charge >= 0.3 is 0 Å². The Morgan fingerprint density at radius 2 is 1.73 bits per heavy atom. The normalized spacial score (nSPS) is 26.4. The van der Waals surface area contributed by atoms with E-state index in [0.29, 0.717) is 47.2 Å². The summed E-state index contributed by atoms with van der Waals surface area (Å²) in [6, 6.07) is 14.2. The Morgan fingerprint density at radius 1 is 0.902 bits per heavy atom. The molecule has 2 aromatic heterocycles. The maximum atomic E-state index is 10.4. The molecular weight excluding hydrogens is 518 g/mol. The van der Waals surface area contributed by atoms with Crippen molar-refractivity contribution < 1.29 is 14.6 Å². The van der Waals surface area contributed by atoms with Crippen LogP contribution >= 0.6 is 0 Å². The van der Waals surface area contributed by atoms with E-state index in [4.69, 9.17) is 15.2 Å². The monoisotopic (exact) mass is 557 g/mol. The molecule has 7 rings (SSSR count). The molecule has 216 valence electrons. The number of nitrogen functional groups attached to an aromatic ring is 1. The zero-order valence-electron chi connectivity index (χ0n) is 23.4. The lowest BCUT2D eigenvalue weighted by molar-refractivity contribution is -0.103. The molecule has 0 radical (unpaired) electrons. The number of benzene rings is 1. The van der Waals surface area contributed by atoms with E-state index < -0.39 is 0 Å². The number of aromatic nitrogens is 3. The Balaban J connectivity index is 1.02. The largest absolute Gasteiger partial charge is 0.507 e. The molecule has 2 bridgehead atoms. The number of hydrogen-bond acceptors (Lipinski definition) is 10. The molecule has 1 aromatic carbocycles. The van der Waals surface area contributed by atoms with Gasteiger partial charge in [-0.2, -0.15) is 0 Å². The van der Waals surface area contributed by atoms with Gasteiger partial charge < -0.3 is 35.4 Å². The standard InChI is InChI=1S/C31H39N7O3/c32-31-28(18-27(35-36-31)26-3-1-2-4-29(26)39)37-14-10-20-5-6-22(19-37)38(20)21-7-13-34-30(15-21)41-25-16-24(17-25)40-23-8-11-33-12-9-23/h1-4,7,13,15,18,20,22-25,33,39H,5-6,8-12,14,16-17,19H2,(H2,32,36)/t20?,22?,24-,25-. The highest BCUT2D eigenvalue weighted by atomic mass is 16.5. The van der Waals surface area contributed by atoms with Crippen molar-refractivity contribution in [1.82, 2.24) is 20.5 Å². The lowest BCUT2D eigenvalue weighted by Gasteiger charge is -2.38. The number of phenolic OH excluding ortho intramolecular Hbond substituents is 1. The van der Waals surface area contributed by atoms with Crippen molar-refractivity contribution in [2.24, 2.45) is 0 Å². The molecule has 3 aromatic rings. The third-order valence-corrected chi connectivity index (χ3v) is 9.13. The van der Waals surface area contributed by atoms with Crippen LogP contribution in [0.4, 0.5) is 17.2 Å². The summed E-state index contributed by atoms with van der Waals surface area (Å²) in [4.78, 5) is 9.45. The van der Waals surface area contributed by atoms with Crippen molar-refractivity contribution in [1.29, 1.82) is 0 Å². The summed E-state index contributed by atoms with van der Waals surface area (Å²) in [5, 5.41) is 22.3. The predicted octanol–water partition coefficient (Wildman–Crippen LogP) is 3.75. The van der Waals surface area contributed by atoms with Crippen LogP contribution in [-0.2, 0) is 4.74 Å². The number of piperidine rings is 1. The van der Waals surface area contributed by atoms with E-state index in [1.165, 1.54) is 12.1 Å². The number of fused-ring (bicyclic) bond motifs is 2. The number of nitrogens with two attached hydrogens (primary N) is 1. The van der Waals surface area contributed by atoms with Crippen molar-refractivity contribution >= 4 is 17.2 Å². The van der Waals surface area contributed by atoms with Crippen LogP contribution in [0, 0.1) is 0 Å². The van der Waals surface area contributed by atoms with E-state index >= 15 is 0 Å². The third kappa shape index (κ3) is 5.50. The fourth-order valence-electron chi connectivity index (χ4n) is 6.90. The SMILES string of the molecule is Nc1nnc(-c2ccccc2O)cc1N1CCC2CCC(C1)N2c1ccnc(O[C@H]2C[C@H](OC3CCNCC3)C2)c1. The van der Waals surface area contributed by atoms with Gasteiger partial charge in [0, 0.05) is 61.5 Å². The number of rotatable bonds is 7. The number of nitrogens with zero attached hydrogens (tertiary/aromatic N) is 5. The van der Waals surface area contributed by atoms with Crippen molar-refractivity contribution in [2.75, 3.05) is 41.7 Å². The Kier molecular flexibility index (Phi) is 7.26. The molecule has 10 heteroatoms. The number of aromatic hydroxyl groups is 1. The molecule has 4 fully saturated rings. The molecule has 4 aliphatic rings. The molecule has 3 saturated heterocycles. The maximum absolute atomic E-state index is 10.4. The number of para-hydroxylation sites is 1. The number of pyridine rings is 1. The van der Waals surface area contributed by atoms with Gasteiger partial charge in [-0.05, 0) is 69.5 Å². The average molecular weight is 558 g/mol. The summed E-state index contributed by atoms with van der Waals surface area (Å²) in [5.41, 5.74) is 9.66. The van der Waals surface area contributed by atoms with Crippen molar-refractivity contribution in [3.8, 4) is 22.9 Å². The van der Waals surface area contributed by atoms with Crippen LogP contribution in [0.2, 0.25) is 0 Å². The summed E-state index contributed by atoms with van der Waals surface area (Å²) in [6.45, 7) is 3.82. The van der Waals surface area contributed by atoms with E-state index in [9.17, 15) is 5.11 Å². The van der Waals surface area contributed by atoms with Crippen LogP contribution < -0.4 is 25.6 Å². The van der Waals surface area contributed by atoms with Crippen LogP contribution in [0.5, 0.6) is 11.6 Å². The zero-order valence-corrected chi connectivity index (χ0v) is 23.4. The Hall–Kier alpha value is -3.63. The topological polar surface area (TPSA) is 122 Å². The van der Waals surface area contributed by atoms with Crippen molar-refractivity contribution in [3.63, 3.8) is 0 Å². The van der Waals surface area contributed by atoms with E-state index in [2.05, 4.69) is 42.4 Å². The summed E-state index contributed by atoms with van der Waals surface area (Å²) in [5.74, 6) is 1.29. The van der Waals surface area contributed by atoms with Gasteiger partial charge in [0.1, 0.15) is 11.9 Å². The second-order valence-corrected chi connectivity index (χ2v) is 11.8. The smallest absolute Gasteiger partial charge is 0.215 e. The maximum Gasteiger partial charge on any atom is 0.215 e. The number of ether oxygens (including phenoxy) is 2. The fourth-order valence-corrected chi connectivity index (χ4v) is 6.90. The van der Waals surface area contributed by atoms with Crippen LogP contribution in [-0.4, -0.2) is 76.9 Å². The lowest BCUT2D eigenvalue weighted by Crippen LogP contribution is -2.43. The second kappa shape index (κ2) is 11.3. The van der Waals surface area contributed by atoms with Crippen LogP contribution in [0.15, 0.2) is 48.7 Å². The van der Waals surface area contributed by atoms with E-state index in [-0.39, 0.29) is 11.9 Å². The van der Waals surface area contributed by atoms with Gasteiger partial charge in [0.2, 0.25) is 5.88 Å². The Labute approximate surface area is 240 Å². The number of anilines is 3. The minimum atomic E-state index is 0.168. The van der Waals surface area contributed by atoms with Crippen LogP contribution in [0.3, 0.4) is 0 Å². The van der Waals surface area contributed by atoms with Gasteiger partial charge in [-0.1, -0.05) is 12.1 Å². The summed E-state index contributed by atoms with van der Waals surface area (Å²) >= 11 is 0. The fraction of sp³-hybridized carbons (Fsp3) is 0.516. The van der Waals surface area contributed by atoms with E-state index in [1.807, 2.05) is 24.4 Å². The second-order valence-electron chi connectivity index (χ2n) is 11.8. The van der Waals surface area contributed by atoms with Gasteiger partial charge in [-0.15, -0.1) is 10.2 Å². The number of nitrogens with one attached hydrogen (secondary N) is 1. The van der Waals surface area contributed by atoms with Gasteiger partial charge in [0.05, 0.1) is 23.6 Å². The number of hydrogen-bond donors (Lipinski definition) is 3. The Bertz CT molecular complexity index is 1360. The van der Waals surface area contributed by atoms with E-state index in [1.54, 1.807) is 12.1 Å². The van der Waals surface area contributed by atoms with E-state index in [0.717, 1.165) is 70.4 Å². The van der Waals surface area contributed by atoms with Crippen molar-refractivity contribution in [2.45, 2.75) is 75.3 Å². The number of phenols is 1. The zero-order chi connectivity index (χ0) is 27.8. The molecule has 41 heavy (non-hydrogen) atoms. The Morgan fingerprint density at radius 3 is 2.59 bits per heavy atom. The van der Waals surface area contributed by atoms with Crippen LogP contribution in [0.1, 0.15) is 44.9 Å².